The normalized spacial score (nSPS) is 10.8. The maximum Gasteiger partial charge on any atom is 0.234 e. The Labute approximate surface area is 177 Å². The number of rotatable bonds is 6. The zero-order valence-corrected chi connectivity index (χ0v) is 18.5. The number of aryl methyl sites for hydroxylation is 2. The van der Waals surface area contributed by atoms with Crippen LogP contribution in [0.1, 0.15) is 18.1 Å². The number of amides is 1. The number of thioether (sulfide) groups is 1. The van der Waals surface area contributed by atoms with Gasteiger partial charge in [-0.05, 0) is 73.2 Å². The van der Waals surface area contributed by atoms with E-state index in [0.717, 1.165) is 37.9 Å². The third-order valence-electron chi connectivity index (χ3n) is 4.10. The molecule has 27 heavy (non-hydrogen) atoms. The van der Waals surface area contributed by atoms with Crippen LogP contribution in [0.3, 0.4) is 0 Å². The second-order valence-corrected chi connectivity index (χ2v) is 8.40. The van der Waals surface area contributed by atoms with E-state index in [9.17, 15) is 4.79 Å². The first-order valence-corrected chi connectivity index (χ1v) is 10.7. The zero-order valence-electron chi connectivity index (χ0n) is 15.5. The molecule has 140 valence electrons. The first-order chi connectivity index (χ1) is 13.0. The van der Waals surface area contributed by atoms with E-state index in [-0.39, 0.29) is 11.7 Å². The van der Waals surface area contributed by atoms with Crippen molar-refractivity contribution in [3.63, 3.8) is 0 Å². The van der Waals surface area contributed by atoms with Crippen molar-refractivity contribution in [3.8, 4) is 11.4 Å². The van der Waals surface area contributed by atoms with Gasteiger partial charge < -0.3 is 9.88 Å². The summed E-state index contributed by atoms with van der Waals surface area (Å²) in [5.41, 5.74) is 4.12. The minimum absolute atomic E-state index is 0.0490. The van der Waals surface area contributed by atoms with Gasteiger partial charge in [0.25, 0.3) is 0 Å². The van der Waals surface area contributed by atoms with Gasteiger partial charge in [0, 0.05) is 21.4 Å². The lowest BCUT2D eigenvalue weighted by Gasteiger charge is -2.10. The second-order valence-electron chi connectivity index (χ2n) is 6.22. The van der Waals surface area contributed by atoms with Crippen LogP contribution in [-0.2, 0) is 11.3 Å². The molecule has 0 spiro atoms. The van der Waals surface area contributed by atoms with E-state index in [4.69, 9.17) is 0 Å². The summed E-state index contributed by atoms with van der Waals surface area (Å²) in [5, 5.41) is 12.4. The summed E-state index contributed by atoms with van der Waals surface area (Å²) >= 11 is 3.67. The van der Waals surface area contributed by atoms with E-state index < -0.39 is 0 Å². The molecule has 0 saturated carbocycles. The molecule has 7 heteroatoms. The molecule has 0 bridgehead atoms. The predicted molar refractivity (Wildman–Crippen MR) is 119 cm³/mol. The molecular weight excluding hydrogens is 471 g/mol. The summed E-state index contributed by atoms with van der Waals surface area (Å²) in [4.78, 5) is 12.4. The molecule has 0 unspecified atom stereocenters. The maximum atomic E-state index is 12.4. The monoisotopic (exact) mass is 492 g/mol. The van der Waals surface area contributed by atoms with Crippen LogP contribution in [0.5, 0.6) is 0 Å². The van der Waals surface area contributed by atoms with Crippen molar-refractivity contribution < 1.29 is 4.79 Å². The highest BCUT2D eigenvalue weighted by Crippen LogP contribution is 2.25. The fourth-order valence-corrected chi connectivity index (χ4v) is 4.21. The van der Waals surface area contributed by atoms with Gasteiger partial charge in [-0.1, -0.05) is 35.5 Å². The van der Waals surface area contributed by atoms with Gasteiger partial charge in [0.2, 0.25) is 5.91 Å². The Morgan fingerprint density at radius 3 is 2.70 bits per heavy atom. The molecule has 0 radical (unpaired) electrons. The molecule has 0 saturated heterocycles. The molecule has 0 aliphatic heterocycles. The fourth-order valence-electron chi connectivity index (χ4n) is 2.76. The molecule has 0 aliphatic rings. The number of hydrogen-bond acceptors (Lipinski definition) is 4. The topological polar surface area (TPSA) is 59.8 Å². The van der Waals surface area contributed by atoms with Gasteiger partial charge in [0.1, 0.15) is 0 Å². The molecule has 2 aromatic carbocycles. The van der Waals surface area contributed by atoms with Gasteiger partial charge in [-0.25, -0.2) is 0 Å². The maximum absolute atomic E-state index is 12.4. The van der Waals surface area contributed by atoms with Crippen LogP contribution in [0, 0.1) is 17.4 Å². The zero-order chi connectivity index (χ0) is 19.4. The average molecular weight is 492 g/mol. The van der Waals surface area contributed by atoms with Crippen molar-refractivity contribution in [2.24, 2.45) is 0 Å². The van der Waals surface area contributed by atoms with Crippen LogP contribution < -0.4 is 5.32 Å². The Bertz CT molecular complexity index is 970. The number of benzene rings is 2. The van der Waals surface area contributed by atoms with E-state index >= 15 is 0 Å². The molecule has 1 aromatic heterocycles. The van der Waals surface area contributed by atoms with Crippen LogP contribution >= 0.6 is 34.4 Å². The highest BCUT2D eigenvalue weighted by molar-refractivity contribution is 14.1. The Morgan fingerprint density at radius 1 is 1.19 bits per heavy atom. The molecule has 0 fully saturated rings. The Balaban J connectivity index is 1.70. The number of hydrogen-bond donors (Lipinski definition) is 1. The van der Waals surface area contributed by atoms with Gasteiger partial charge >= 0.3 is 0 Å². The smallest absolute Gasteiger partial charge is 0.234 e. The highest BCUT2D eigenvalue weighted by Gasteiger charge is 2.15. The standard InChI is InChI=1S/C20H21IN4OS/c1-4-25-19(15-7-5-6-13(2)10-15)23-24-20(25)27-12-18(26)22-17-9-8-16(21)11-14(17)3/h5-11H,4,12H2,1-3H3,(H,22,26). The number of aromatic nitrogens is 3. The first-order valence-electron chi connectivity index (χ1n) is 8.67. The number of halogens is 1. The lowest BCUT2D eigenvalue weighted by Crippen LogP contribution is -2.15. The van der Waals surface area contributed by atoms with E-state index in [2.05, 4.69) is 64.1 Å². The number of carbonyl (C=O) groups is 1. The first kappa shape index (κ1) is 19.9. The van der Waals surface area contributed by atoms with Crippen molar-refractivity contribution >= 4 is 45.9 Å². The van der Waals surface area contributed by atoms with E-state index in [1.165, 1.54) is 17.3 Å². The van der Waals surface area contributed by atoms with Crippen molar-refractivity contribution in [1.29, 1.82) is 0 Å². The van der Waals surface area contributed by atoms with Crippen molar-refractivity contribution in [1.82, 2.24) is 14.8 Å². The molecule has 3 rings (SSSR count). The summed E-state index contributed by atoms with van der Waals surface area (Å²) in [5.74, 6) is 1.07. The summed E-state index contributed by atoms with van der Waals surface area (Å²) in [6.45, 7) is 6.85. The molecule has 5 nitrogen and oxygen atoms in total. The Morgan fingerprint density at radius 2 is 2.00 bits per heavy atom. The molecule has 1 N–H and O–H groups in total. The largest absolute Gasteiger partial charge is 0.325 e. The van der Waals surface area contributed by atoms with E-state index in [1.54, 1.807) is 0 Å². The minimum Gasteiger partial charge on any atom is -0.325 e. The number of carbonyl (C=O) groups excluding carboxylic acids is 1. The van der Waals surface area contributed by atoms with Gasteiger partial charge in [-0.2, -0.15) is 0 Å². The summed E-state index contributed by atoms with van der Waals surface area (Å²) in [7, 11) is 0. The quantitative estimate of drug-likeness (QED) is 0.392. The van der Waals surface area contributed by atoms with Gasteiger partial charge in [0.05, 0.1) is 5.75 Å². The van der Waals surface area contributed by atoms with Crippen molar-refractivity contribution in [3.05, 3.63) is 57.2 Å². The number of nitrogens with one attached hydrogen (secondary N) is 1. The lowest BCUT2D eigenvalue weighted by atomic mass is 10.1. The van der Waals surface area contributed by atoms with Crippen molar-refractivity contribution in [2.75, 3.05) is 11.1 Å². The van der Waals surface area contributed by atoms with Crippen LogP contribution in [-0.4, -0.2) is 26.4 Å². The van der Waals surface area contributed by atoms with Crippen LogP contribution in [0.15, 0.2) is 47.6 Å². The SMILES string of the molecule is CCn1c(SCC(=O)Nc2ccc(I)cc2C)nnc1-c1cccc(C)c1. The van der Waals surface area contributed by atoms with Crippen LogP contribution in [0.2, 0.25) is 0 Å². The second kappa shape index (κ2) is 8.88. The predicted octanol–water partition coefficient (Wildman–Crippen LogP) is 4.92. The Hall–Kier alpha value is -1.87. The van der Waals surface area contributed by atoms with Crippen molar-refractivity contribution in [2.45, 2.75) is 32.5 Å². The summed E-state index contributed by atoms with van der Waals surface area (Å²) in [6, 6.07) is 14.2. The molecule has 3 aromatic rings. The number of anilines is 1. The van der Waals surface area contributed by atoms with Gasteiger partial charge in [-0.15, -0.1) is 10.2 Å². The molecule has 1 amide bonds. The lowest BCUT2D eigenvalue weighted by molar-refractivity contribution is -0.113. The highest BCUT2D eigenvalue weighted by atomic mass is 127. The minimum atomic E-state index is -0.0490. The number of nitrogens with zero attached hydrogens (tertiary/aromatic N) is 3. The fraction of sp³-hybridized carbons (Fsp3) is 0.250. The molecular formula is C20H21IN4OS. The van der Waals surface area contributed by atoms with E-state index in [0.29, 0.717) is 0 Å². The van der Waals surface area contributed by atoms with Gasteiger partial charge in [0.15, 0.2) is 11.0 Å². The molecule has 0 aliphatic carbocycles. The molecule has 0 atom stereocenters. The van der Waals surface area contributed by atoms with E-state index in [1.807, 2.05) is 41.8 Å². The summed E-state index contributed by atoms with van der Waals surface area (Å²) in [6.07, 6.45) is 0. The third kappa shape index (κ3) is 4.90. The Kier molecular flexibility index (Phi) is 6.54. The van der Waals surface area contributed by atoms with Crippen LogP contribution in [0.25, 0.3) is 11.4 Å². The summed E-state index contributed by atoms with van der Waals surface area (Å²) < 4.78 is 3.19. The van der Waals surface area contributed by atoms with Crippen LogP contribution in [0.4, 0.5) is 5.69 Å². The van der Waals surface area contributed by atoms with Gasteiger partial charge in [-0.3, -0.25) is 4.79 Å². The third-order valence-corrected chi connectivity index (χ3v) is 5.74. The average Bonchev–Trinajstić information content (AvgIpc) is 3.05. The molecule has 1 heterocycles.